The second-order valence-corrected chi connectivity index (χ2v) is 5.83. The number of rotatable bonds is 11. The molecule has 1 atom stereocenters. The summed E-state index contributed by atoms with van der Waals surface area (Å²) in [6, 6.07) is 6.20. The van der Waals surface area contributed by atoms with E-state index in [-0.39, 0.29) is 11.8 Å². The van der Waals surface area contributed by atoms with Crippen molar-refractivity contribution >= 4 is 5.97 Å². The number of hydrogen-bond acceptors (Lipinski definition) is 4. The number of halogens is 1. The fraction of sp³-hybridized carbons (Fsp3) is 0.611. The average molecular weight is 324 g/mol. The van der Waals surface area contributed by atoms with Crippen molar-refractivity contribution in [3.05, 3.63) is 30.1 Å². The first-order chi connectivity index (χ1) is 11.2. The molecule has 2 rings (SSSR count). The Hall–Kier alpha value is -1.62. The van der Waals surface area contributed by atoms with Crippen molar-refractivity contribution in [1.82, 2.24) is 0 Å². The summed E-state index contributed by atoms with van der Waals surface area (Å²) >= 11 is 0. The number of benzene rings is 1. The zero-order valence-corrected chi connectivity index (χ0v) is 13.7. The molecular formula is C18H25FO4. The Morgan fingerprint density at radius 1 is 1.26 bits per heavy atom. The Balaban J connectivity index is 1.48. The first-order valence-electron chi connectivity index (χ1n) is 8.36. The van der Waals surface area contributed by atoms with Gasteiger partial charge in [-0.15, -0.1) is 0 Å². The molecule has 1 aromatic carbocycles. The Kier molecular flexibility index (Phi) is 6.84. The van der Waals surface area contributed by atoms with Crippen LogP contribution in [-0.2, 0) is 14.3 Å². The van der Waals surface area contributed by atoms with Gasteiger partial charge in [0.05, 0.1) is 19.8 Å². The molecule has 0 saturated carbocycles. The van der Waals surface area contributed by atoms with E-state index in [1.165, 1.54) is 12.1 Å². The Labute approximate surface area is 136 Å². The summed E-state index contributed by atoms with van der Waals surface area (Å²) in [5.74, 6) is 0.0797. The number of carbonyl (C=O) groups excluding carboxylic acids is 1. The van der Waals surface area contributed by atoms with E-state index in [9.17, 15) is 9.18 Å². The van der Waals surface area contributed by atoms with Crippen LogP contribution in [0.1, 0.15) is 45.4 Å². The highest BCUT2D eigenvalue weighted by Crippen LogP contribution is 2.34. The van der Waals surface area contributed by atoms with Crippen LogP contribution in [0.4, 0.5) is 4.39 Å². The molecule has 4 nitrogen and oxygen atoms in total. The van der Waals surface area contributed by atoms with Crippen LogP contribution in [0.25, 0.3) is 0 Å². The maximum Gasteiger partial charge on any atom is 0.340 e. The number of ether oxygens (including phenoxy) is 3. The minimum atomic E-state index is -0.642. The summed E-state index contributed by atoms with van der Waals surface area (Å²) in [7, 11) is 0. The fourth-order valence-corrected chi connectivity index (χ4v) is 2.50. The summed E-state index contributed by atoms with van der Waals surface area (Å²) in [5, 5.41) is 0. The van der Waals surface area contributed by atoms with E-state index in [1.54, 1.807) is 19.1 Å². The van der Waals surface area contributed by atoms with Crippen LogP contribution in [-0.4, -0.2) is 31.4 Å². The van der Waals surface area contributed by atoms with E-state index < -0.39 is 5.60 Å². The van der Waals surface area contributed by atoms with Crippen molar-refractivity contribution < 1.29 is 23.4 Å². The summed E-state index contributed by atoms with van der Waals surface area (Å²) < 4.78 is 28.8. The number of esters is 1. The summed E-state index contributed by atoms with van der Waals surface area (Å²) in [4.78, 5) is 11.7. The summed E-state index contributed by atoms with van der Waals surface area (Å²) in [6.45, 7) is 3.29. The van der Waals surface area contributed by atoms with Gasteiger partial charge in [-0.2, -0.15) is 0 Å². The smallest absolute Gasteiger partial charge is 0.340 e. The van der Waals surface area contributed by atoms with Gasteiger partial charge in [0.1, 0.15) is 11.6 Å². The fourth-order valence-electron chi connectivity index (χ4n) is 2.50. The maximum atomic E-state index is 13.0. The third-order valence-electron chi connectivity index (χ3n) is 3.93. The molecule has 5 heteroatoms. The van der Waals surface area contributed by atoms with Crippen LogP contribution in [0.5, 0.6) is 5.75 Å². The first-order valence-corrected chi connectivity index (χ1v) is 8.36. The van der Waals surface area contributed by atoms with Crippen molar-refractivity contribution in [2.24, 2.45) is 0 Å². The molecule has 1 unspecified atom stereocenters. The van der Waals surface area contributed by atoms with Gasteiger partial charge in [0.2, 0.25) is 0 Å². The predicted octanol–water partition coefficient (Wildman–Crippen LogP) is 3.88. The molecule has 0 amide bonds. The van der Waals surface area contributed by atoms with E-state index in [1.807, 2.05) is 0 Å². The summed E-state index contributed by atoms with van der Waals surface area (Å²) in [6.07, 6.45) is 5.85. The lowest BCUT2D eigenvalue weighted by Crippen LogP contribution is -2.27. The highest BCUT2D eigenvalue weighted by Gasteiger charge is 2.52. The van der Waals surface area contributed by atoms with Crippen LogP contribution >= 0.6 is 0 Å². The Bertz CT molecular complexity index is 500. The molecule has 1 heterocycles. The van der Waals surface area contributed by atoms with Crippen molar-refractivity contribution in [2.45, 2.75) is 51.0 Å². The molecule has 0 bridgehead atoms. The van der Waals surface area contributed by atoms with Gasteiger partial charge in [-0.25, -0.2) is 9.18 Å². The van der Waals surface area contributed by atoms with Gasteiger partial charge in [0.25, 0.3) is 0 Å². The summed E-state index contributed by atoms with van der Waals surface area (Å²) in [5.41, 5.74) is -0.642. The lowest BCUT2D eigenvalue weighted by atomic mass is 10.0. The minimum absolute atomic E-state index is 0.219. The molecule has 0 aromatic heterocycles. The van der Waals surface area contributed by atoms with Crippen LogP contribution in [0.15, 0.2) is 24.3 Å². The minimum Gasteiger partial charge on any atom is -0.493 e. The van der Waals surface area contributed by atoms with Crippen LogP contribution in [0, 0.1) is 5.82 Å². The van der Waals surface area contributed by atoms with E-state index >= 15 is 0 Å². The standard InChI is InChI=1S/C18H25FO4/c1-2-21-17(20)18(14-23-18)11-6-4-3-5-7-12-22-16-10-8-9-15(19)13-16/h8-10,13H,2-7,11-12,14H2,1H3. The largest absolute Gasteiger partial charge is 0.493 e. The van der Waals surface area contributed by atoms with Crippen LogP contribution in [0.3, 0.4) is 0 Å². The number of hydrogen-bond donors (Lipinski definition) is 0. The lowest BCUT2D eigenvalue weighted by molar-refractivity contribution is -0.149. The second-order valence-electron chi connectivity index (χ2n) is 5.83. The molecule has 0 spiro atoms. The maximum absolute atomic E-state index is 13.0. The van der Waals surface area contributed by atoms with Gasteiger partial charge < -0.3 is 14.2 Å². The highest BCUT2D eigenvalue weighted by molar-refractivity contribution is 5.82. The third kappa shape index (κ3) is 5.82. The van der Waals surface area contributed by atoms with Gasteiger partial charge in [-0.3, -0.25) is 0 Å². The zero-order chi connectivity index (χ0) is 16.5. The highest BCUT2D eigenvalue weighted by atomic mass is 19.1. The second kappa shape index (κ2) is 8.87. The van der Waals surface area contributed by atoms with E-state index in [0.717, 1.165) is 38.5 Å². The molecule has 1 saturated heterocycles. The normalized spacial score (nSPS) is 19.4. The van der Waals surface area contributed by atoms with Gasteiger partial charge >= 0.3 is 5.97 Å². The SMILES string of the molecule is CCOC(=O)C1(CCCCCCCOc2cccc(F)c2)CO1. The zero-order valence-electron chi connectivity index (χ0n) is 13.7. The quantitative estimate of drug-likeness (QED) is 0.352. The first kappa shape index (κ1) is 17.7. The van der Waals surface area contributed by atoms with E-state index in [4.69, 9.17) is 14.2 Å². The number of unbranched alkanes of at least 4 members (excludes halogenated alkanes) is 4. The topological polar surface area (TPSA) is 48.1 Å². The molecule has 1 aromatic rings. The number of carbonyl (C=O) groups is 1. The van der Waals surface area contributed by atoms with Crippen molar-refractivity contribution in [2.75, 3.05) is 19.8 Å². The molecule has 1 aliphatic heterocycles. The van der Waals surface area contributed by atoms with E-state index in [0.29, 0.717) is 25.6 Å². The Morgan fingerprint density at radius 3 is 2.70 bits per heavy atom. The third-order valence-corrected chi connectivity index (χ3v) is 3.93. The van der Waals surface area contributed by atoms with Crippen LogP contribution in [0.2, 0.25) is 0 Å². The van der Waals surface area contributed by atoms with Gasteiger partial charge in [0.15, 0.2) is 5.60 Å². The van der Waals surface area contributed by atoms with Crippen molar-refractivity contribution in [3.63, 3.8) is 0 Å². The molecule has 0 radical (unpaired) electrons. The Morgan fingerprint density at radius 2 is 2.00 bits per heavy atom. The average Bonchev–Trinajstić information content (AvgIpc) is 3.31. The number of epoxide rings is 1. The molecular weight excluding hydrogens is 299 g/mol. The molecule has 0 N–H and O–H groups in total. The molecule has 128 valence electrons. The van der Waals surface area contributed by atoms with Gasteiger partial charge in [0, 0.05) is 6.07 Å². The monoisotopic (exact) mass is 324 g/mol. The molecule has 23 heavy (non-hydrogen) atoms. The van der Waals surface area contributed by atoms with Crippen molar-refractivity contribution in [1.29, 1.82) is 0 Å². The van der Waals surface area contributed by atoms with Gasteiger partial charge in [-0.1, -0.05) is 25.3 Å². The molecule has 0 aliphatic carbocycles. The molecule has 1 aliphatic rings. The van der Waals surface area contributed by atoms with E-state index in [2.05, 4.69) is 0 Å². The van der Waals surface area contributed by atoms with Crippen molar-refractivity contribution in [3.8, 4) is 5.75 Å². The van der Waals surface area contributed by atoms with Gasteiger partial charge in [-0.05, 0) is 38.3 Å². The predicted molar refractivity (Wildman–Crippen MR) is 84.9 cm³/mol. The van der Waals surface area contributed by atoms with Crippen LogP contribution < -0.4 is 4.74 Å². The lowest BCUT2D eigenvalue weighted by Gasteiger charge is -2.10. The molecule has 1 fully saturated rings.